The molecule has 1 amide bonds. The van der Waals surface area contributed by atoms with Crippen molar-refractivity contribution in [1.29, 1.82) is 0 Å². The smallest absolute Gasteiger partial charge is 0.326 e. The van der Waals surface area contributed by atoms with Crippen LogP contribution in [0.5, 0.6) is 0 Å². The Hall–Kier alpha value is -1.78. The summed E-state index contributed by atoms with van der Waals surface area (Å²) in [4.78, 5) is 24.9. The molecule has 0 bridgehead atoms. The zero-order valence-electron chi connectivity index (χ0n) is 10.5. The Balaban J connectivity index is 2.20. The first-order chi connectivity index (χ1) is 8.65. The molecule has 1 aliphatic heterocycles. The third-order valence-corrected chi connectivity index (χ3v) is 3.31. The maximum atomic E-state index is 12.4. The predicted octanol–water partition coefficient (Wildman–Crippen LogP) is 1.59. The van der Waals surface area contributed by atoms with Gasteiger partial charge in [-0.25, -0.2) is 4.79 Å². The van der Waals surface area contributed by atoms with Crippen molar-refractivity contribution in [2.75, 3.05) is 6.54 Å². The highest BCUT2D eigenvalue weighted by atomic mass is 16.4. The van der Waals surface area contributed by atoms with Crippen LogP contribution in [0.2, 0.25) is 0 Å². The number of rotatable bonds is 4. The molecule has 1 fully saturated rings. The molecule has 5 heteroatoms. The van der Waals surface area contributed by atoms with Crippen LogP contribution in [0.1, 0.15) is 36.7 Å². The maximum Gasteiger partial charge on any atom is 0.326 e. The molecule has 1 unspecified atom stereocenters. The number of aromatic nitrogens is 1. The number of carboxylic acid groups (broad SMARTS) is 1. The SMILES string of the molecule is CCCn1cccc1C(=O)N1CCCC1C(=O)O. The minimum Gasteiger partial charge on any atom is -0.480 e. The van der Waals surface area contributed by atoms with Crippen molar-refractivity contribution in [1.82, 2.24) is 9.47 Å². The van der Waals surface area contributed by atoms with Gasteiger partial charge in [0.15, 0.2) is 0 Å². The molecule has 0 radical (unpaired) electrons. The molecule has 1 aromatic heterocycles. The van der Waals surface area contributed by atoms with Gasteiger partial charge < -0.3 is 14.6 Å². The first-order valence-corrected chi connectivity index (χ1v) is 6.34. The Bertz CT molecular complexity index is 453. The molecule has 1 N–H and O–H groups in total. The monoisotopic (exact) mass is 250 g/mol. The summed E-state index contributed by atoms with van der Waals surface area (Å²) in [6.07, 6.45) is 4.12. The average Bonchev–Trinajstić information content (AvgIpc) is 2.96. The molecule has 0 aliphatic carbocycles. The van der Waals surface area contributed by atoms with E-state index in [1.165, 1.54) is 4.90 Å². The van der Waals surface area contributed by atoms with E-state index in [1.807, 2.05) is 23.8 Å². The molecule has 5 nitrogen and oxygen atoms in total. The Kier molecular flexibility index (Phi) is 3.69. The topological polar surface area (TPSA) is 62.5 Å². The summed E-state index contributed by atoms with van der Waals surface area (Å²) in [5, 5.41) is 9.10. The van der Waals surface area contributed by atoms with E-state index in [1.54, 1.807) is 6.07 Å². The second kappa shape index (κ2) is 5.25. The zero-order chi connectivity index (χ0) is 13.1. The highest BCUT2D eigenvalue weighted by Gasteiger charge is 2.35. The van der Waals surface area contributed by atoms with Gasteiger partial charge in [0.05, 0.1) is 0 Å². The highest BCUT2D eigenvalue weighted by molar-refractivity contribution is 5.95. The van der Waals surface area contributed by atoms with E-state index in [-0.39, 0.29) is 5.91 Å². The minimum atomic E-state index is -0.908. The van der Waals surface area contributed by atoms with E-state index >= 15 is 0 Å². The van der Waals surface area contributed by atoms with Crippen molar-refractivity contribution >= 4 is 11.9 Å². The summed E-state index contributed by atoms with van der Waals surface area (Å²) < 4.78 is 1.89. The molecule has 1 aromatic rings. The number of hydrogen-bond donors (Lipinski definition) is 1. The third-order valence-electron chi connectivity index (χ3n) is 3.31. The van der Waals surface area contributed by atoms with Gasteiger partial charge in [0.2, 0.25) is 0 Å². The molecule has 1 saturated heterocycles. The van der Waals surface area contributed by atoms with Crippen LogP contribution in [0, 0.1) is 0 Å². The molecular formula is C13H18N2O3. The highest BCUT2D eigenvalue weighted by Crippen LogP contribution is 2.20. The second-order valence-electron chi connectivity index (χ2n) is 4.58. The quantitative estimate of drug-likeness (QED) is 0.882. The third kappa shape index (κ3) is 2.25. The number of aliphatic carboxylic acids is 1. The fourth-order valence-corrected chi connectivity index (χ4v) is 2.46. The molecule has 0 spiro atoms. The van der Waals surface area contributed by atoms with Crippen molar-refractivity contribution in [3.05, 3.63) is 24.0 Å². The van der Waals surface area contributed by atoms with Gasteiger partial charge in [0, 0.05) is 19.3 Å². The maximum absolute atomic E-state index is 12.4. The van der Waals surface area contributed by atoms with Gasteiger partial charge in [0.1, 0.15) is 11.7 Å². The van der Waals surface area contributed by atoms with E-state index in [0.29, 0.717) is 18.7 Å². The fourth-order valence-electron chi connectivity index (χ4n) is 2.46. The van der Waals surface area contributed by atoms with Crippen molar-refractivity contribution in [2.45, 2.75) is 38.8 Å². The van der Waals surface area contributed by atoms with Gasteiger partial charge in [-0.15, -0.1) is 0 Å². The fraction of sp³-hybridized carbons (Fsp3) is 0.538. The summed E-state index contributed by atoms with van der Waals surface area (Å²) in [7, 11) is 0. The summed E-state index contributed by atoms with van der Waals surface area (Å²) in [6.45, 7) is 3.36. The predicted molar refractivity (Wildman–Crippen MR) is 66.4 cm³/mol. The summed E-state index contributed by atoms with van der Waals surface area (Å²) in [6, 6.07) is 2.92. The first kappa shape index (κ1) is 12.7. The molecule has 0 aromatic carbocycles. The first-order valence-electron chi connectivity index (χ1n) is 6.34. The van der Waals surface area contributed by atoms with Crippen LogP contribution in [0.3, 0.4) is 0 Å². The minimum absolute atomic E-state index is 0.168. The van der Waals surface area contributed by atoms with E-state index in [2.05, 4.69) is 0 Å². The Morgan fingerprint density at radius 3 is 2.94 bits per heavy atom. The van der Waals surface area contributed by atoms with Crippen molar-refractivity contribution in [2.24, 2.45) is 0 Å². The Labute approximate surface area is 106 Å². The van der Waals surface area contributed by atoms with Crippen LogP contribution in [0.25, 0.3) is 0 Å². The van der Waals surface area contributed by atoms with Crippen molar-refractivity contribution in [3.63, 3.8) is 0 Å². The molecular weight excluding hydrogens is 232 g/mol. The lowest BCUT2D eigenvalue weighted by Crippen LogP contribution is -2.41. The molecule has 2 rings (SSSR count). The van der Waals surface area contributed by atoms with Gasteiger partial charge in [-0.05, 0) is 31.4 Å². The molecule has 98 valence electrons. The second-order valence-corrected chi connectivity index (χ2v) is 4.58. The average molecular weight is 250 g/mol. The number of nitrogens with zero attached hydrogens (tertiary/aromatic N) is 2. The molecule has 1 atom stereocenters. The number of carbonyl (C=O) groups excluding carboxylic acids is 1. The van der Waals surface area contributed by atoms with Gasteiger partial charge >= 0.3 is 5.97 Å². The van der Waals surface area contributed by atoms with Gasteiger partial charge in [-0.3, -0.25) is 4.79 Å². The Morgan fingerprint density at radius 1 is 1.50 bits per heavy atom. The molecule has 18 heavy (non-hydrogen) atoms. The number of carbonyl (C=O) groups is 2. The lowest BCUT2D eigenvalue weighted by molar-refractivity contribution is -0.141. The lowest BCUT2D eigenvalue weighted by atomic mass is 10.2. The molecule has 0 saturated carbocycles. The van der Waals surface area contributed by atoms with E-state index < -0.39 is 12.0 Å². The van der Waals surface area contributed by atoms with E-state index in [0.717, 1.165) is 19.4 Å². The van der Waals surface area contributed by atoms with Crippen LogP contribution in [0.15, 0.2) is 18.3 Å². The van der Waals surface area contributed by atoms with Gasteiger partial charge in [-0.2, -0.15) is 0 Å². The van der Waals surface area contributed by atoms with Gasteiger partial charge in [0.25, 0.3) is 5.91 Å². The Morgan fingerprint density at radius 2 is 2.28 bits per heavy atom. The standard InChI is InChI=1S/C13H18N2O3/c1-2-7-14-8-3-5-10(14)12(16)15-9-4-6-11(15)13(17)18/h3,5,8,11H,2,4,6-7,9H2,1H3,(H,17,18). The molecule has 2 heterocycles. The number of amides is 1. The number of hydrogen-bond acceptors (Lipinski definition) is 2. The summed E-state index contributed by atoms with van der Waals surface area (Å²) in [5.41, 5.74) is 0.588. The summed E-state index contributed by atoms with van der Waals surface area (Å²) >= 11 is 0. The lowest BCUT2D eigenvalue weighted by Gasteiger charge is -2.22. The zero-order valence-corrected chi connectivity index (χ0v) is 10.5. The van der Waals surface area contributed by atoms with Crippen LogP contribution in [0.4, 0.5) is 0 Å². The molecule has 1 aliphatic rings. The van der Waals surface area contributed by atoms with Gasteiger partial charge in [-0.1, -0.05) is 6.92 Å². The normalized spacial score (nSPS) is 19.2. The number of carboxylic acids is 1. The van der Waals surface area contributed by atoms with Crippen molar-refractivity contribution < 1.29 is 14.7 Å². The van der Waals surface area contributed by atoms with E-state index in [4.69, 9.17) is 5.11 Å². The van der Waals surface area contributed by atoms with Crippen molar-refractivity contribution in [3.8, 4) is 0 Å². The van der Waals surface area contributed by atoms with E-state index in [9.17, 15) is 9.59 Å². The largest absolute Gasteiger partial charge is 0.480 e. The van der Waals surface area contributed by atoms with Crippen LogP contribution < -0.4 is 0 Å². The van der Waals surface area contributed by atoms with Crippen LogP contribution in [-0.4, -0.2) is 39.0 Å². The number of likely N-dealkylation sites (tertiary alicyclic amines) is 1. The van der Waals surface area contributed by atoms with Crippen LogP contribution >= 0.6 is 0 Å². The number of aryl methyl sites for hydroxylation is 1. The summed E-state index contributed by atoms with van der Waals surface area (Å²) in [5.74, 6) is -1.08. The van der Waals surface area contributed by atoms with Crippen LogP contribution in [-0.2, 0) is 11.3 Å².